The Morgan fingerprint density at radius 3 is 2.28 bits per heavy atom. The summed E-state index contributed by atoms with van der Waals surface area (Å²) in [5, 5.41) is 5.61. The number of aromatic nitrogens is 1. The van der Waals surface area contributed by atoms with Crippen molar-refractivity contribution in [1.82, 2.24) is 19.7 Å². The smallest absolute Gasteiger partial charge is 0.292 e. The van der Waals surface area contributed by atoms with Gasteiger partial charge in [0.15, 0.2) is 0 Å². The normalized spacial score (nSPS) is 14.5. The van der Waals surface area contributed by atoms with Gasteiger partial charge in [0.1, 0.15) is 0 Å². The SMILES string of the molecule is Cc1cc(C(=O)N2CCN(C(=O)c3ccc(S(=O)(=O)NCc4cccs4)cc3)CC2)on1. The molecule has 0 spiro atoms. The van der Waals surface area contributed by atoms with E-state index >= 15 is 0 Å². The summed E-state index contributed by atoms with van der Waals surface area (Å²) in [4.78, 5) is 29.6. The number of hydrogen-bond acceptors (Lipinski definition) is 7. The molecule has 0 aliphatic carbocycles. The molecule has 0 radical (unpaired) electrons. The Morgan fingerprint density at radius 2 is 1.72 bits per heavy atom. The van der Waals surface area contributed by atoms with Gasteiger partial charge in [-0.3, -0.25) is 9.59 Å². The molecule has 0 unspecified atom stereocenters. The van der Waals surface area contributed by atoms with E-state index < -0.39 is 10.0 Å². The zero-order chi connectivity index (χ0) is 22.7. The number of rotatable bonds is 6. The van der Waals surface area contributed by atoms with Crippen molar-refractivity contribution in [2.24, 2.45) is 0 Å². The molecule has 1 saturated heterocycles. The molecule has 11 heteroatoms. The maximum atomic E-state index is 12.8. The lowest BCUT2D eigenvalue weighted by Crippen LogP contribution is -2.50. The largest absolute Gasteiger partial charge is 0.351 e. The second-order valence-electron chi connectivity index (χ2n) is 7.35. The summed E-state index contributed by atoms with van der Waals surface area (Å²) >= 11 is 1.47. The highest BCUT2D eigenvalue weighted by atomic mass is 32.2. The van der Waals surface area contributed by atoms with Crippen LogP contribution in [0, 0.1) is 6.92 Å². The molecule has 9 nitrogen and oxygen atoms in total. The number of carbonyl (C=O) groups excluding carboxylic acids is 2. The molecular formula is C21H22N4O5S2. The lowest BCUT2D eigenvalue weighted by Gasteiger charge is -2.34. The van der Waals surface area contributed by atoms with Crippen LogP contribution in [-0.4, -0.2) is 61.4 Å². The highest BCUT2D eigenvalue weighted by Crippen LogP contribution is 2.16. The number of piperazine rings is 1. The lowest BCUT2D eigenvalue weighted by atomic mass is 10.2. The van der Waals surface area contributed by atoms with E-state index in [-0.39, 0.29) is 29.0 Å². The van der Waals surface area contributed by atoms with E-state index in [1.807, 2.05) is 17.5 Å². The van der Waals surface area contributed by atoms with E-state index in [0.29, 0.717) is 37.4 Å². The van der Waals surface area contributed by atoms with Crippen molar-refractivity contribution in [3.8, 4) is 0 Å². The first kappa shape index (κ1) is 22.2. The van der Waals surface area contributed by atoms with Crippen LogP contribution in [0.1, 0.15) is 31.5 Å². The van der Waals surface area contributed by atoms with Crippen molar-refractivity contribution in [1.29, 1.82) is 0 Å². The molecule has 32 heavy (non-hydrogen) atoms. The van der Waals surface area contributed by atoms with Gasteiger partial charge in [0.05, 0.1) is 10.6 Å². The van der Waals surface area contributed by atoms with Crippen molar-refractivity contribution in [2.75, 3.05) is 26.2 Å². The fourth-order valence-corrected chi connectivity index (χ4v) is 5.10. The number of benzene rings is 1. The third kappa shape index (κ3) is 4.90. The minimum Gasteiger partial charge on any atom is -0.351 e. The highest BCUT2D eigenvalue weighted by Gasteiger charge is 2.27. The number of aryl methyl sites for hydroxylation is 1. The predicted molar refractivity (Wildman–Crippen MR) is 118 cm³/mol. The van der Waals surface area contributed by atoms with Crippen molar-refractivity contribution >= 4 is 33.2 Å². The van der Waals surface area contributed by atoms with E-state index in [1.54, 1.807) is 22.8 Å². The van der Waals surface area contributed by atoms with Crippen LogP contribution in [0.4, 0.5) is 0 Å². The van der Waals surface area contributed by atoms with Crippen molar-refractivity contribution in [3.63, 3.8) is 0 Å². The number of hydrogen-bond donors (Lipinski definition) is 1. The third-order valence-corrected chi connectivity index (χ3v) is 7.41. The summed E-state index contributed by atoms with van der Waals surface area (Å²) in [5.41, 5.74) is 1.03. The predicted octanol–water partition coefficient (Wildman–Crippen LogP) is 2.12. The van der Waals surface area contributed by atoms with Gasteiger partial charge in [0, 0.05) is 49.2 Å². The van der Waals surface area contributed by atoms with Crippen molar-refractivity contribution in [2.45, 2.75) is 18.4 Å². The van der Waals surface area contributed by atoms with Crippen LogP contribution in [0.25, 0.3) is 0 Å². The summed E-state index contributed by atoms with van der Waals surface area (Å²) in [6.07, 6.45) is 0. The first-order valence-electron chi connectivity index (χ1n) is 9.97. The number of thiophene rings is 1. The van der Waals surface area contributed by atoms with Gasteiger partial charge in [-0.15, -0.1) is 11.3 Å². The average Bonchev–Trinajstić information content (AvgIpc) is 3.49. The fraction of sp³-hybridized carbons (Fsp3) is 0.286. The van der Waals surface area contributed by atoms with E-state index in [4.69, 9.17) is 4.52 Å². The molecule has 0 atom stereocenters. The summed E-state index contributed by atoms with van der Waals surface area (Å²) in [6.45, 7) is 3.47. The van der Waals surface area contributed by atoms with Crippen LogP contribution in [-0.2, 0) is 16.6 Å². The Morgan fingerprint density at radius 1 is 1.06 bits per heavy atom. The molecule has 2 aromatic heterocycles. The molecule has 1 aliphatic heterocycles. The first-order valence-corrected chi connectivity index (χ1v) is 12.3. The van der Waals surface area contributed by atoms with Crippen LogP contribution in [0.2, 0.25) is 0 Å². The Hall–Kier alpha value is -3.02. The Labute approximate surface area is 189 Å². The van der Waals surface area contributed by atoms with Gasteiger partial charge in [0.2, 0.25) is 15.8 Å². The first-order chi connectivity index (χ1) is 15.3. The van der Waals surface area contributed by atoms with E-state index in [1.165, 1.54) is 35.6 Å². The number of sulfonamides is 1. The molecule has 1 N–H and O–H groups in total. The van der Waals surface area contributed by atoms with Crippen LogP contribution in [0.3, 0.4) is 0 Å². The monoisotopic (exact) mass is 474 g/mol. The standard InChI is InChI=1S/C21H22N4O5S2/c1-15-13-19(30-23-15)21(27)25-10-8-24(9-11-25)20(26)16-4-6-18(7-5-16)32(28,29)22-14-17-3-2-12-31-17/h2-7,12-13,22H,8-11,14H2,1H3. The van der Waals surface area contributed by atoms with Crippen molar-refractivity contribution < 1.29 is 22.5 Å². The lowest BCUT2D eigenvalue weighted by molar-refractivity contribution is 0.0512. The minimum atomic E-state index is -3.67. The van der Waals surface area contributed by atoms with Gasteiger partial charge >= 0.3 is 0 Å². The fourth-order valence-electron chi connectivity index (χ4n) is 3.35. The van der Waals surface area contributed by atoms with Crippen LogP contribution < -0.4 is 4.72 Å². The summed E-state index contributed by atoms with van der Waals surface area (Å²) in [5.74, 6) is -0.267. The number of carbonyl (C=O) groups is 2. The van der Waals surface area contributed by atoms with Crippen molar-refractivity contribution in [3.05, 3.63) is 69.7 Å². The molecular weight excluding hydrogens is 452 g/mol. The third-order valence-electron chi connectivity index (χ3n) is 5.12. The minimum absolute atomic E-state index is 0.100. The Bertz CT molecular complexity index is 1200. The highest BCUT2D eigenvalue weighted by molar-refractivity contribution is 7.89. The second-order valence-corrected chi connectivity index (χ2v) is 10.1. The molecule has 1 aliphatic rings. The zero-order valence-corrected chi connectivity index (χ0v) is 19.0. The second kappa shape index (κ2) is 9.23. The molecule has 1 aromatic carbocycles. The van der Waals surface area contributed by atoms with Crippen LogP contribution in [0.5, 0.6) is 0 Å². The molecule has 4 rings (SSSR count). The number of nitrogens with zero attached hydrogens (tertiary/aromatic N) is 3. The number of nitrogens with one attached hydrogen (secondary N) is 1. The van der Waals surface area contributed by atoms with E-state index in [0.717, 1.165) is 4.88 Å². The van der Waals surface area contributed by atoms with E-state index in [9.17, 15) is 18.0 Å². The molecule has 0 saturated carbocycles. The topological polar surface area (TPSA) is 113 Å². The molecule has 0 bridgehead atoms. The van der Waals surface area contributed by atoms with Crippen LogP contribution in [0.15, 0.2) is 57.3 Å². The Balaban J connectivity index is 1.34. The van der Waals surface area contributed by atoms with Gasteiger partial charge in [0.25, 0.3) is 11.8 Å². The van der Waals surface area contributed by atoms with Gasteiger partial charge in [-0.2, -0.15) is 0 Å². The molecule has 3 aromatic rings. The quantitative estimate of drug-likeness (QED) is 0.586. The molecule has 1 fully saturated rings. The van der Waals surface area contributed by atoms with Gasteiger partial charge < -0.3 is 14.3 Å². The average molecular weight is 475 g/mol. The maximum absolute atomic E-state index is 12.8. The number of amides is 2. The zero-order valence-electron chi connectivity index (χ0n) is 17.4. The van der Waals surface area contributed by atoms with E-state index in [2.05, 4.69) is 9.88 Å². The van der Waals surface area contributed by atoms with Gasteiger partial charge in [-0.05, 0) is 42.6 Å². The van der Waals surface area contributed by atoms with Gasteiger partial charge in [-0.25, -0.2) is 13.1 Å². The molecule has 168 valence electrons. The molecule has 3 heterocycles. The summed E-state index contributed by atoms with van der Waals surface area (Å²) in [6, 6.07) is 11.2. The van der Waals surface area contributed by atoms with Gasteiger partial charge in [-0.1, -0.05) is 11.2 Å². The summed E-state index contributed by atoms with van der Waals surface area (Å²) < 4.78 is 32.5. The molecule has 2 amide bonds. The summed E-state index contributed by atoms with van der Waals surface area (Å²) in [7, 11) is -3.67. The van der Waals surface area contributed by atoms with Crippen LogP contribution >= 0.6 is 11.3 Å². The Kier molecular flexibility index (Phi) is 6.40. The maximum Gasteiger partial charge on any atom is 0.292 e.